The quantitative estimate of drug-likeness (QED) is 0.899. The smallest absolute Gasteiger partial charge is 0.123 e. The maximum atomic E-state index is 5.60. The van der Waals surface area contributed by atoms with Crippen LogP contribution in [0.2, 0.25) is 0 Å². The number of nitrogen functional groups attached to an aromatic ring is 1. The van der Waals surface area contributed by atoms with Crippen molar-refractivity contribution in [3.8, 4) is 11.3 Å². The molecule has 96 valence electrons. The Hall–Kier alpha value is -1.49. The van der Waals surface area contributed by atoms with E-state index in [1.54, 1.807) is 6.20 Å². The van der Waals surface area contributed by atoms with Gasteiger partial charge < -0.3 is 10.3 Å². The normalized spacial score (nSPS) is 12.6. The fraction of sp³-hybridized carbons (Fsp3) is 0.385. The van der Waals surface area contributed by atoms with Gasteiger partial charge in [0.15, 0.2) is 0 Å². The standard InChI is InChI=1S/C13H18N4S/c1-10(8-18-2)7-17-9-15-6-12(17)11-3-4-13(14)16-5-11/h3-6,9-10H,7-8H2,1-2H3,(H2,14,16). The van der Waals surface area contributed by atoms with Crippen molar-refractivity contribution >= 4 is 17.6 Å². The van der Waals surface area contributed by atoms with E-state index in [0.717, 1.165) is 23.6 Å². The Bertz CT molecular complexity index is 492. The molecule has 0 radical (unpaired) electrons. The number of pyridine rings is 1. The van der Waals surface area contributed by atoms with Gasteiger partial charge in [0.25, 0.3) is 0 Å². The zero-order valence-electron chi connectivity index (χ0n) is 10.7. The van der Waals surface area contributed by atoms with Gasteiger partial charge in [-0.3, -0.25) is 0 Å². The Balaban J connectivity index is 2.19. The number of nitrogens with zero attached hydrogens (tertiary/aromatic N) is 3. The van der Waals surface area contributed by atoms with E-state index < -0.39 is 0 Å². The fourth-order valence-corrected chi connectivity index (χ4v) is 2.61. The second-order valence-electron chi connectivity index (χ2n) is 4.46. The molecule has 0 saturated heterocycles. The van der Waals surface area contributed by atoms with Crippen LogP contribution >= 0.6 is 11.8 Å². The summed E-state index contributed by atoms with van der Waals surface area (Å²) in [7, 11) is 0. The predicted octanol–water partition coefficient (Wildman–Crippen LogP) is 2.53. The first-order valence-electron chi connectivity index (χ1n) is 5.91. The van der Waals surface area contributed by atoms with E-state index in [1.165, 1.54) is 0 Å². The predicted molar refractivity (Wildman–Crippen MR) is 77.4 cm³/mol. The van der Waals surface area contributed by atoms with E-state index in [-0.39, 0.29) is 0 Å². The van der Waals surface area contributed by atoms with Crippen molar-refractivity contribution in [3.63, 3.8) is 0 Å². The molecule has 4 nitrogen and oxygen atoms in total. The van der Waals surface area contributed by atoms with Crippen molar-refractivity contribution in [1.29, 1.82) is 0 Å². The van der Waals surface area contributed by atoms with Crippen LogP contribution in [-0.2, 0) is 6.54 Å². The lowest BCUT2D eigenvalue weighted by molar-refractivity contribution is 0.534. The zero-order chi connectivity index (χ0) is 13.0. The van der Waals surface area contributed by atoms with Gasteiger partial charge in [0.2, 0.25) is 0 Å². The van der Waals surface area contributed by atoms with E-state index in [9.17, 15) is 0 Å². The summed E-state index contributed by atoms with van der Waals surface area (Å²) in [5.41, 5.74) is 7.75. The molecule has 2 aromatic rings. The first kappa shape index (κ1) is 13.0. The Labute approximate surface area is 112 Å². The maximum Gasteiger partial charge on any atom is 0.123 e. The molecule has 18 heavy (non-hydrogen) atoms. The monoisotopic (exact) mass is 262 g/mol. The topological polar surface area (TPSA) is 56.7 Å². The van der Waals surface area contributed by atoms with Crippen molar-refractivity contribution in [2.75, 3.05) is 17.7 Å². The summed E-state index contributed by atoms with van der Waals surface area (Å²) in [6, 6.07) is 3.80. The second kappa shape index (κ2) is 5.91. The highest BCUT2D eigenvalue weighted by molar-refractivity contribution is 7.98. The van der Waals surface area contributed by atoms with Crippen LogP contribution in [0.5, 0.6) is 0 Å². The largest absolute Gasteiger partial charge is 0.384 e. The summed E-state index contributed by atoms with van der Waals surface area (Å²) in [4.78, 5) is 8.36. The van der Waals surface area contributed by atoms with Gasteiger partial charge in [0.1, 0.15) is 5.82 Å². The summed E-state index contributed by atoms with van der Waals surface area (Å²) in [5.74, 6) is 2.31. The Kier molecular flexibility index (Phi) is 4.25. The molecule has 2 heterocycles. The summed E-state index contributed by atoms with van der Waals surface area (Å²) in [6.45, 7) is 3.22. The molecule has 0 aliphatic heterocycles. The number of thioether (sulfide) groups is 1. The van der Waals surface area contributed by atoms with Gasteiger partial charge in [-0.2, -0.15) is 11.8 Å². The summed E-state index contributed by atoms with van der Waals surface area (Å²) < 4.78 is 2.17. The van der Waals surface area contributed by atoms with Gasteiger partial charge in [-0.1, -0.05) is 6.92 Å². The van der Waals surface area contributed by atoms with E-state index in [2.05, 4.69) is 27.7 Å². The third kappa shape index (κ3) is 3.04. The summed E-state index contributed by atoms with van der Waals surface area (Å²) in [6.07, 6.45) is 7.68. The molecule has 0 amide bonds. The number of aromatic nitrogens is 3. The van der Waals surface area contributed by atoms with Crippen molar-refractivity contribution in [3.05, 3.63) is 30.9 Å². The number of hydrogen-bond donors (Lipinski definition) is 1. The third-order valence-corrected chi connectivity index (χ3v) is 3.66. The minimum atomic E-state index is 0.542. The Morgan fingerprint density at radius 3 is 2.89 bits per heavy atom. The highest BCUT2D eigenvalue weighted by atomic mass is 32.2. The lowest BCUT2D eigenvalue weighted by Crippen LogP contribution is -2.10. The lowest BCUT2D eigenvalue weighted by Gasteiger charge is -2.13. The summed E-state index contributed by atoms with van der Waals surface area (Å²) >= 11 is 1.87. The number of nitrogens with two attached hydrogens (primary N) is 1. The molecule has 0 aliphatic carbocycles. The van der Waals surface area contributed by atoms with E-state index in [1.807, 2.05) is 36.4 Å². The number of anilines is 1. The number of hydrogen-bond acceptors (Lipinski definition) is 4. The maximum absolute atomic E-state index is 5.60. The van der Waals surface area contributed by atoms with Gasteiger partial charge >= 0.3 is 0 Å². The molecule has 5 heteroatoms. The van der Waals surface area contributed by atoms with E-state index in [0.29, 0.717) is 11.7 Å². The van der Waals surface area contributed by atoms with Crippen molar-refractivity contribution in [1.82, 2.24) is 14.5 Å². The minimum absolute atomic E-state index is 0.542. The van der Waals surface area contributed by atoms with Gasteiger partial charge in [-0.05, 0) is 30.1 Å². The molecule has 1 unspecified atom stereocenters. The number of rotatable bonds is 5. The van der Waals surface area contributed by atoms with Gasteiger partial charge in [-0.15, -0.1) is 0 Å². The Morgan fingerprint density at radius 1 is 1.39 bits per heavy atom. The van der Waals surface area contributed by atoms with Crippen LogP contribution in [0.25, 0.3) is 11.3 Å². The average molecular weight is 262 g/mol. The van der Waals surface area contributed by atoms with Gasteiger partial charge in [-0.25, -0.2) is 9.97 Å². The minimum Gasteiger partial charge on any atom is -0.384 e. The van der Waals surface area contributed by atoms with Crippen LogP contribution in [0.1, 0.15) is 6.92 Å². The van der Waals surface area contributed by atoms with Crippen molar-refractivity contribution < 1.29 is 0 Å². The van der Waals surface area contributed by atoms with Crippen LogP contribution in [-0.4, -0.2) is 26.5 Å². The molecule has 0 saturated carbocycles. The SMILES string of the molecule is CSCC(C)Cn1cncc1-c1ccc(N)nc1. The molecule has 0 aromatic carbocycles. The first-order chi connectivity index (χ1) is 8.70. The lowest BCUT2D eigenvalue weighted by atomic mass is 10.2. The van der Waals surface area contributed by atoms with Crippen molar-refractivity contribution in [2.45, 2.75) is 13.5 Å². The fourth-order valence-electron chi connectivity index (χ4n) is 1.94. The van der Waals surface area contributed by atoms with E-state index >= 15 is 0 Å². The average Bonchev–Trinajstić information content (AvgIpc) is 2.78. The molecular formula is C13H18N4S. The van der Waals surface area contributed by atoms with Crippen LogP contribution in [0, 0.1) is 5.92 Å². The zero-order valence-corrected chi connectivity index (χ0v) is 11.5. The van der Waals surface area contributed by atoms with Crippen LogP contribution in [0.3, 0.4) is 0 Å². The third-order valence-electron chi connectivity index (χ3n) is 2.75. The van der Waals surface area contributed by atoms with Crippen LogP contribution < -0.4 is 5.73 Å². The van der Waals surface area contributed by atoms with Crippen LogP contribution in [0.15, 0.2) is 30.9 Å². The highest BCUT2D eigenvalue weighted by Crippen LogP contribution is 2.20. The number of imidazole rings is 1. The molecule has 0 spiro atoms. The second-order valence-corrected chi connectivity index (χ2v) is 5.37. The molecular weight excluding hydrogens is 244 g/mol. The van der Waals surface area contributed by atoms with Crippen LogP contribution in [0.4, 0.5) is 5.82 Å². The Morgan fingerprint density at radius 2 is 2.22 bits per heavy atom. The molecule has 2 rings (SSSR count). The molecule has 0 aliphatic rings. The molecule has 2 N–H and O–H groups in total. The molecule has 0 fully saturated rings. The molecule has 1 atom stereocenters. The van der Waals surface area contributed by atoms with Gasteiger partial charge in [0.05, 0.1) is 18.2 Å². The first-order valence-corrected chi connectivity index (χ1v) is 7.31. The molecule has 0 bridgehead atoms. The van der Waals surface area contributed by atoms with E-state index in [4.69, 9.17) is 5.73 Å². The van der Waals surface area contributed by atoms with Crippen molar-refractivity contribution in [2.24, 2.45) is 5.92 Å². The van der Waals surface area contributed by atoms with Gasteiger partial charge in [0, 0.05) is 18.3 Å². The highest BCUT2D eigenvalue weighted by Gasteiger charge is 2.08. The summed E-state index contributed by atoms with van der Waals surface area (Å²) in [5, 5.41) is 0. The molecule has 2 aromatic heterocycles.